The largest absolute Gasteiger partial charge is 0.389 e. The molecule has 1 aromatic rings. The van der Waals surface area contributed by atoms with Crippen LogP contribution in [0.1, 0.15) is 59.9 Å². The molecule has 0 unspecified atom stereocenters. The van der Waals surface area contributed by atoms with E-state index in [0.29, 0.717) is 0 Å². The van der Waals surface area contributed by atoms with Gasteiger partial charge in [0, 0.05) is 45.0 Å². The van der Waals surface area contributed by atoms with E-state index in [1.54, 1.807) is 0 Å². The van der Waals surface area contributed by atoms with Crippen molar-refractivity contribution in [2.45, 2.75) is 61.3 Å². The number of hydrogen-bond acceptors (Lipinski definition) is 1. The summed E-state index contributed by atoms with van der Waals surface area (Å²) in [5.74, 6) is 0. The summed E-state index contributed by atoms with van der Waals surface area (Å²) < 4.78 is 0. The molecule has 0 aliphatic rings. The fourth-order valence-corrected chi connectivity index (χ4v) is 0.845. The van der Waals surface area contributed by atoms with E-state index in [1.807, 2.05) is 38.1 Å². The molecule has 0 aliphatic carbocycles. The van der Waals surface area contributed by atoms with Gasteiger partial charge in [-0.1, -0.05) is 54.5 Å². The van der Waals surface area contributed by atoms with Gasteiger partial charge in [0.15, 0.2) is 0 Å². The maximum absolute atomic E-state index is 3.75. The molecule has 0 saturated heterocycles. The fourth-order valence-electron chi connectivity index (χ4n) is 0.845. The minimum absolute atomic E-state index is 0. The summed E-state index contributed by atoms with van der Waals surface area (Å²) in [6, 6.07) is 10.8. The first-order valence-corrected chi connectivity index (χ1v) is 7.46. The Morgan fingerprint density at radius 1 is 1.10 bits per heavy atom. The molecule has 0 saturated carbocycles. The molecular weight excluding hydrogens is 319 g/mol. The maximum Gasteiger partial charge on any atom is 0.0115 e. The van der Waals surface area contributed by atoms with Gasteiger partial charge in [0.2, 0.25) is 0 Å². The van der Waals surface area contributed by atoms with E-state index in [4.69, 9.17) is 0 Å². The molecule has 1 radical (unpaired) electrons. The van der Waals surface area contributed by atoms with Gasteiger partial charge in [-0.15, -0.1) is 0 Å². The normalized spacial score (nSPS) is 7.15. The van der Waals surface area contributed by atoms with Gasteiger partial charge in [0.25, 0.3) is 0 Å². The van der Waals surface area contributed by atoms with Crippen LogP contribution in [0.25, 0.3) is 0 Å². The van der Waals surface area contributed by atoms with Crippen LogP contribution >= 0.6 is 0 Å². The van der Waals surface area contributed by atoms with Crippen molar-refractivity contribution in [2.75, 3.05) is 6.54 Å². The van der Waals surface area contributed by atoms with Crippen LogP contribution < -0.4 is 5.32 Å². The summed E-state index contributed by atoms with van der Waals surface area (Å²) in [6.07, 6.45) is 2.29. The van der Waals surface area contributed by atoms with Gasteiger partial charge in [-0.25, -0.2) is 0 Å². The number of allylic oxidation sites excluding steroid dienone is 1. The van der Waals surface area contributed by atoms with Gasteiger partial charge in [-0.05, 0) is 13.3 Å². The predicted molar refractivity (Wildman–Crippen MR) is 90.4 cm³/mol. The van der Waals surface area contributed by atoms with Gasteiger partial charge in [0.05, 0.1) is 0 Å². The zero-order valence-corrected chi connectivity index (χ0v) is 17.6. The molecule has 0 aliphatic heterocycles. The van der Waals surface area contributed by atoms with Gasteiger partial charge < -0.3 is 5.32 Å². The van der Waals surface area contributed by atoms with Crippen LogP contribution in [0.3, 0.4) is 0 Å². The first kappa shape index (κ1) is 28.1. The Kier molecular flexibility index (Phi) is 38.3. The standard InChI is InChI=1S/C7H7.C6H13N.C3H8.C2H6.Y/c1-7-5-3-2-4-6-7;1-4-6(3)7-5-2;1-3-2;1-2;/h3-6H,1H3;7H,3-5H2,1-2H3;3H2,1-2H3;1-2H3;/q-1;;;;. The van der Waals surface area contributed by atoms with E-state index in [1.165, 1.54) is 12.0 Å². The van der Waals surface area contributed by atoms with Gasteiger partial charge >= 0.3 is 0 Å². The molecule has 0 aromatic heterocycles. The monoisotopic (exact) mass is 353 g/mol. The molecule has 1 aromatic carbocycles. The molecule has 115 valence electrons. The smallest absolute Gasteiger partial charge is 0.0115 e. The number of rotatable bonds is 3. The van der Waals surface area contributed by atoms with Crippen molar-refractivity contribution in [1.29, 1.82) is 0 Å². The van der Waals surface area contributed by atoms with Crippen LogP contribution in [0.5, 0.6) is 0 Å². The van der Waals surface area contributed by atoms with Crippen molar-refractivity contribution in [3.05, 3.63) is 48.2 Å². The summed E-state index contributed by atoms with van der Waals surface area (Å²) in [4.78, 5) is 0. The molecule has 20 heavy (non-hydrogen) atoms. The molecule has 0 bridgehead atoms. The van der Waals surface area contributed by atoms with Crippen LogP contribution in [-0.4, -0.2) is 6.54 Å². The third-order valence-electron chi connectivity index (χ3n) is 1.74. The number of nitrogens with one attached hydrogen (secondary N) is 1. The van der Waals surface area contributed by atoms with Crippen molar-refractivity contribution in [3.8, 4) is 0 Å². The molecule has 0 atom stereocenters. The Hall–Kier alpha value is -0.136. The Labute approximate surface area is 153 Å². The minimum Gasteiger partial charge on any atom is -0.389 e. The van der Waals surface area contributed by atoms with Gasteiger partial charge in [-0.2, -0.15) is 35.9 Å². The van der Waals surface area contributed by atoms with E-state index in [-0.39, 0.29) is 32.7 Å². The van der Waals surface area contributed by atoms with Gasteiger partial charge in [-0.3, -0.25) is 0 Å². The quantitative estimate of drug-likeness (QED) is 0.682. The average molecular weight is 353 g/mol. The molecule has 2 heteroatoms. The second-order valence-corrected chi connectivity index (χ2v) is 3.77. The molecule has 1 N–H and O–H groups in total. The fraction of sp³-hybridized carbons (Fsp3) is 0.556. The molecule has 1 nitrogen and oxygen atoms in total. The summed E-state index contributed by atoms with van der Waals surface area (Å²) in [5, 5.41) is 3.10. The van der Waals surface area contributed by atoms with E-state index in [0.717, 1.165) is 18.7 Å². The zero-order valence-electron chi connectivity index (χ0n) is 14.7. The second-order valence-electron chi connectivity index (χ2n) is 3.77. The molecule has 0 heterocycles. The third-order valence-corrected chi connectivity index (χ3v) is 1.74. The second kappa shape index (κ2) is 27.2. The van der Waals surface area contributed by atoms with Crippen LogP contribution in [0.4, 0.5) is 0 Å². The first-order chi connectivity index (χ1) is 9.12. The summed E-state index contributed by atoms with van der Waals surface area (Å²) in [6.45, 7) is 19.2. The van der Waals surface area contributed by atoms with E-state index >= 15 is 0 Å². The Balaban J connectivity index is -0.0000000939. The summed E-state index contributed by atoms with van der Waals surface area (Å²) >= 11 is 0. The van der Waals surface area contributed by atoms with Crippen LogP contribution in [-0.2, 0) is 32.7 Å². The molecular formula is C18H34NY-. The topological polar surface area (TPSA) is 12.0 Å². The maximum atomic E-state index is 3.75. The minimum atomic E-state index is 0. The molecule has 0 amide bonds. The average Bonchev–Trinajstić information content (AvgIpc) is 2.44. The third kappa shape index (κ3) is 30.7. The molecule has 0 spiro atoms. The Morgan fingerprint density at radius 2 is 1.50 bits per heavy atom. The zero-order chi connectivity index (χ0) is 15.5. The van der Waals surface area contributed by atoms with Gasteiger partial charge in [0.1, 0.15) is 0 Å². The predicted octanol–water partition coefficient (Wildman–Crippen LogP) is 5.75. The van der Waals surface area contributed by atoms with Crippen molar-refractivity contribution < 1.29 is 32.7 Å². The van der Waals surface area contributed by atoms with Crippen molar-refractivity contribution in [1.82, 2.24) is 5.32 Å². The first-order valence-electron chi connectivity index (χ1n) is 7.46. The van der Waals surface area contributed by atoms with E-state index in [9.17, 15) is 0 Å². The van der Waals surface area contributed by atoms with Crippen LogP contribution in [0.15, 0.2) is 36.5 Å². The van der Waals surface area contributed by atoms with Crippen molar-refractivity contribution in [2.24, 2.45) is 0 Å². The van der Waals surface area contributed by atoms with E-state index in [2.05, 4.69) is 52.6 Å². The molecule has 0 fully saturated rings. The number of aryl methyl sites for hydroxylation is 1. The molecule has 1 rings (SSSR count). The van der Waals surface area contributed by atoms with Crippen LogP contribution in [0.2, 0.25) is 0 Å². The van der Waals surface area contributed by atoms with Crippen molar-refractivity contribution in [3.63, 3.8) is 0 Å². The number of benzene rings is 1. The summed E-state index contributed by atoms with van der Waals surface area (Å²) in [7, 11) is 0. The SMILES string of the molecule is C=C(CC)NCC.CC.CCC.Cc1cc[c-]cc1.[Y]. The Morgan fingerprint density at radius 3 is 1.65 bits per heavy atom. The van der Waals surface area contributed by atoms with Crippen molar-refractivity contribution >= 4 is 0 Å². The van der Waals surface area contributed by atoms with Crippen LogP contribution in [0, 0.1) is 13.0 Å². The summed E-state index contributed by atoms with van der Waals surface area (Å²) in [5.41, 5.74) is 2.42. The Bertz CT molecular complexity index is 257. The number of hydrogen-bond donors (Lipinski definition) is 1. The van der Waals surface area contributed by atoms with E-state index < -0.39 is 0 Å².